The predicted octanol–water partition coefficient (Wildman–Crippen LogP) is 4.23. The minimum atomic E-state index is -0.456. The molecule has 0 saturated carbocycles. The minimum absolute atomic E-state index is 0.0478. The third-order valence-corrected chi connectivity index (χ3v) is 4.65. The molecular weight excluding hydrogens is 338 g/mol. The van der Waals surface area contributed by atoms with Crippen molar-refractivity contribution >= 4 is 23.4 Å². The minimum Gasteiger partial charge on any atom is -0.495 e. The monoisotopic (exact) mass is 361 g/mol. The molecule has 5 heteroatoms. The number of piperidine rings is 1. The van der Waals surface area contributed by atoms with Crippen LogP contribution in [0.4, 0.5) is 11.4 Å². The maximum absolute atomic E-state index is 12.5. The number of hydrogen-bond donors (Lipinski definition) is 1. The van der Waals surface area contributed by atoms with E-state index in [0.29, 0.717) is 11.4 Å². The quantitative estimate of drug-likeness (QED) is 0.639. The van der Waals surface area contributed by atoms with E-state index >= 15 is 0 Å². The van der Waals surface area contributed by atoms with Gasteiger partial charge in [-0.1, -0.05) is 24.3 Å². The number of benzene rings is 2. The van der Waals surface area contributed by atoms with Crippen LogP contribution in [0.25, 0.3) is 6.08 Å². The van der Waals surface area contributed by atoms with Crippen LogP contribution in [0.3, 0.4) is 0 Å². The van der Waals surface area contributed by atoms with E-state index in [1.165, 1.54) is 32.1 Å². The number of rotatable bonds is 5. The zero-order valence-corrected chi connectivity index (χ0v) is 15.4. The third-order valence-electron chi connectivity index (χ3n) is 4.65. The van der Waals surface area contributed by atoms with E-state index in [9.17, 15) is 10.1 Å². The summed E-state index contributed by atoms with van der Waals surface area (Å²) in [5, 5.41) is 12.1. The summed E-state index contributed by atoms with van der Waals surface area (Å²) in [5.41, 5.74) is 2.59. The van der Waals surface area contributed by atoms with Gasteiger partial charge in [-0.25, -0.2) is 0 Å². The Balaban J connectivity index is 1.73. The number of para-hydroxylation sites is 2. The highest BCUT2D eigenvalue weighted by Crippen LogP contribution is 2.24. The van der Waals surface area contributed by atoms with E-state index in [4.69, 9.17) is 4.74 Å². The Morgan fingerprint density at radius 3 is 2.48 bits per heavy atom. The first-order valence-electron chi connectivity index (χ1n) is 9.12. The van der Waals surface area contributed by atoms with Gasteiger partial charge in [-0.2, -0.15) is 5.26 Å². The summed E-state index contributed by atoms with van der Waals surface area (Å²) >= 11 is 0. The molecule has 0 bridgehead atoms. The Labute approximate surface area is 159 Å². The van der Waals surface area contributed by atoms with Crippen LogP contribution in [-0.4, -0.2) is 26.1 Å². The topological polar surface area (TPSA) is 65.4 Å². The molecular formula is C22H23N3O2. The molecule has 1 fully saturated rings. The van der Waals surface area contributed by atoms with Crippen molar-refractivity contribution in [2.75, 3.05) is 30.4 Å². The summed E-state index contributed by atoms with van der Waals surface area (Å²) in [6.07, 6.45) is 5.35. The van der Waals surface area contributed by atoms with E-state index in [-0.39, 0.29) is 5.57 Å². The Kier molecular flexibility index (Phi) is 6.11. The lowest BCUT2D eigenvalue weighted by atomic mass is 10.1. The maximum Gasteiger partial charge on any atom is 0.266 e. The van der Waals surface area contributed by atoms with Crippen LogP contribution in [0.5, 0.6) is 5.75 Å². The van der Waals surface area contributed by atoms with E-state index in [1.54, 1.807) is 24.3 Å². The molecule has 1 saturated heterocycles. The van der Waals surface area contributed by atoms with Crippen LogP contribution in [0.2, 0.25) is 0 Å². The van der Waals surface area contributed by atoms with Crippen LogP contribution in [0.15, 0.2) is 54.1 Å². The SMILES string of the molecule is COc1ccccc1NC(=O)/C(C#N)=C/c1ccc(N2CCCCC2)cc1. The van der Waals surface area contributed by atoms with E-state index in [0.717, 1.165) is 18.7 Å². The highest BCUT2D eigenvalue weighted by Gasteiger charge is 2.13. The zero-order chi connectivity index (χ0) is 19.1. The summed E-state index contributed by atoms with van der Waals surface area (Å²) in [4.78, 5) is 14.8. The molecule has 0 atom stereocenters. The van der Waals surface area contributed by atoms with Gasteiger partial charge in [0.1, 0.15) is 17.4 Å². The number of anilines is 2. The molecule has 1 aliphatic rings. The number of nitrogens with one attached hydrogen (secondary N) is 1. The van der Waals surface area contributed by atoms with E-state index < -0.39 is 5.91 Å². The van der Waals surface area contributed by atoms with Crippen molar-refractivity contribution in [1.82, 2.24) is 0 Å². The normalized spacial score (nSPS) is 14.4. The fourth-order valence-corrected chi connectivity index (χ4v) is 3.19. The molecule has 0 unspecified atom stereocenters. The van der Waals surface area contributed by atoms with Gasteiger partial charge in [0.15, 0.2) is 0 Å². The average Bonchev–Trinajstić information content (AvgIpc) is 2.73. The van der Waals surface area contributed by atoms with Gasteiger partial charge in [0, 0.05) is 18.8 Å². The molecule has 0 spiro atoms. The van der Waals surface area contributed by atoms with Crippen molar-refractivity contribution in [2.45, 2.75) is 19.3 Å². The van der Waals surface area contributed by atoms with Gasteiger partial charge >= 0.3 is 0 Å². The predicted molar refractivity (Wildman–Crippen MR) is 108 cm³/mol. The fraction of sp³-hybridized carbons (Fsp3) is 0.273. The van der Waals surface area contributed by atoms with Gasteiger partial charge in [-0.3, -0.25) is 4.79 Å². The Morgan fingerprint density at radius 1 is 1.11 bits per heavy atom. The van der Waals surface area contributed by atoms with Crippen LogP contribution < -0.4 is 15.0 Å². The van der Waals surface area contributed by atoms with Gasteiger partial charge in [0.05, 0.1) is 12.8 Å². The first-order valence-corrected chi connectivity index (χ1v) is 9.12. The zero-order valence-electron chi connectivity index (χ0n) is 15.4. The molecule has 0 aromatic heterocycles. The molecule has 0 aliphatic carbocycles. The summed E-state index contributed by atoms with van der Waals surface area (Å²) < 4.78 is 5.23. The summed E-state index contributed by atoms with van der Waals surface area (Å²) in [7, 11) is 1.54. The summed E-state index contributed by atoms with van der Waals surface area (Å²) in [6, 6.07) is 17.1. The molecule has 5 nitrogen and oxygen atoms in total. The molecule has 2 aromatic rings. The van der Waals surface area contributed by atoms with Gasteiger partial charge in [-0.15, -0.1) is 0 Å². The first kappa shape index (κ1) is 18.5. The number of ether oxygens (including phenoxy) is 1. The van der Waals surface area contributed by atoms with Crippen molar-refractivity contribution in [3.63, 3.8) is 0 Å². The molecule has 1 N–H and O–H groups in total. The van der Waals surface area contributed by atoms with Crippen LogP contribution >= 0.6 is 0 Å². The second-order valence-corrected chi connectivity index (χ2v) is 6.46. The fourth-order valence-electron chi connectivity index (χ4n) is 3.19. The Morgan fingerprint density at radius 2 is 1.81 bits per heavy atom. The van der Waals surface area contributed by atoms with Gasteiger partial charge in [-0.05, 0) is 55.2 Å². The van der Waals surface area contributed by atoms with Gasteiger partial charge in [0.25, 0.3) is 5.91 Å². The molecule has 27 heavy (non-hydrogen) atoms. The molecule has 2 aromatic carbocycles. The number of nitriles is 1. The smallest absolute Gasteiger partial charge is 0.266 e. The first-order chi connectivity index (χ1) is 13.2. The lowest BCUT2D eigenvalue weighted by Crippen LogP contribution is -2.29. The largest absolute Gasteiger partial charge is 0.495 e. The van der Waals surface area contributed by atoms with Crippen molar-refractivity contribution < 1.29 is 9.53 Å². The van der Waals surface area contributed by atoms with Crippen LogP contribution in [-0.2, 0) is 4.79 Å². The van der Waals surface area contributed by atoms with Gasteiger partial charge < -0.3 is 15.0 Å². The van der Waals surface area contributed by atoms with Crippen molar-refractivity contribution in [2.24, 2.45) is 0 Å². The second kappa shape index (κ2) is 8.91. The molecule has 1 heterocycles. The lowest BCUT2D eigenvalue weighted by Gasteiger charge is -2.28. The third kappa shape index (κ3) is 4.68. The Bertz CT molecular complexity index is 860. The Hall–Kier alpha value is -3.26. The standard InChI is InChI=1S/C22H23N3O2/c1-27-21-8-4-3-7-20(21)24-22(26)18(16-23)15-17-9-11-19(12-10-17)25-13-5-2-6-14-25/h3-4,7-12,15H,2,5-6,13-14H2,1H3,(H,24,26)/b18-15+. The summed E-state index contributed by atoms with van der Waals surface area (Å²) in [5.74, 6) is 0.0936. The molecule has 0 radical (unpaired) electrons. The van der Waals surface area contributed by atoms with Crippen molar-refractivity contribution in [1.29, 1.82) is 5.26 Å². The number of carbonyl (C=O) groups is 1. The number of hydrogen-bond acceptors (Lipinski definition) is 4. The van der Waals surface area contributed by atoms with Crippen molar-refractivity contribution in [3.8, 4) is 11.8 Å². The second-order valence-electron chi connectivity index (χ2n) is 6.46. The van der Waals surface area contributed by atoms with E-state index in [2.05, 4.69) is 10.2 Å². The molecule has 3 rings (SSSR count). The number of nitrogens with zero attached hydrogens (tertiary/aromatic N) is 2. The van der Waals surface area contributed by atoms with Crippen LogP contribution in [0.1, 0.15) is 24.8 Å². The lowest BCUT2D eigenvalue weighted by molar-refractivity contribution is -0.112. The molecule has 1 aliphatic heterocycles. The molecule has 1 amide bonds. The number of carbonyl (C=O) groups excluding carboxylic acids is 1. The van der Waals surface area contributed by atoms with E-state index in [1.807, 2.05) is 36.4 Å². The number of methoxy groups -OCH3 is 1. The summed E-state index contributed by atoms with van der Waals surface area (Å²) in [6.45, 7) is 2.17. The highest BCUT2D eigenvalue weighted by molar-refractivity contribution is 6.10. The van der Waals surface area contributed by atoms with Crippen molar-refractivity contribution in [3.05, 3.63) is 59.7 Å². The number of amides is 1. The van der Waals surface area contributed by atoms with Crippen LogP contribution in [0, 0.1) is 11.3 Å². The highest BCUT2D eigenvalue weighted by atomic mass is 16.5. The maximum atomic E-state index is 12.5. The molecule has 138 valence electrons. The average molecular weight is 361 g/mol. The van der Waals surface area contributed by atoms with Gasteiger partial charge in [0.2, 0.25) is 0 Å².